The quantitative estimate of drug-likeness (QED) is 0.532. The number of nitrogens with one attached hydrogen (secondary N) is 3. The molecular formula is C20H20N4O3S. The van der Waals surface area contributed by atoms with Crippen molar-refractivity contribution in [2.45, 2.75) is 6.92 Å². The van der Waals surface area contributed by atoms with E-state index in [2.05, 4.69) is 21.1 Å². The maximum atomic E-state index is 12.0. The summed E-state index contributed by atoms with van der Waals surface area (Å²) in [6.45, 7) is 1.74. The molecule has 0 unspecified atom stereocenters. The zero-order valence-corrected chi connectivity index (χ0v) is 16.1. The van der Waals surface area contributed by atoms with Crippen LogP contribution in [0.2, 0.25) is 0 Å². The van der Waals surface area contributed by atoms with Gasteiger partial charge in [0, 0.05) is 23.1 Å². The summed E-state index contributed by atoms with van der Waals surface area (Å²) in [5.74, 6) is 0.916. The highest BCUT2D eigenvalue weighted by Crippen LogP contribution is 2.19. The monoisotopic (exact) mass is 396 g/mol. The smallest absolute Gasteiger partial charge is 0.235 e. The van der Waals surface area contributed by atoms with Crippen molar-refractivity contribution in [3.05, 3.63) is 66.4 Å². The Labute approximate surface area is 166 Å². The van der Waals surface area contributed by atoms with Crippen LogP contribution in [-0.2, 0) is 9.59 Å². The van der Waals surface area contributed by atoms with Gasteiger partial charge in [0.25, 0.3) is 0 Å². The van der Waals surface area contributed by atoms with E-state index in [4.69, 9.17) is 4.52 Å². The summed E-state index contributed by atoms with van der Waals surface area (Å²) in [5.41, 5.74) is 2.62. The Kier molecular flexibility index (Phi) is 6.69. The fourth-order valence-corrected chi connectivity index (χ4v) is 2.98. The Balaban J connectivity index is 1.39. The summed E-state index contributed by atoms with van der Waals surface area (Å²) in [4.78, 5) is 23.8. The van der Waals surface area contributed by atoms with Gasteiger partial charge in [-0.05, 0) is 43.3 Å². The van der Waals surface area contributed by atoms with Gasteiger partial charge in [-0.15, -0.1) is 11.8 Å². The maximum absolute atomic E-state index is 12.0. The number of aryl methyl sites for hydroxylation is 1. The van der Waals surface area contributed by atoms with Crippen LogP contribution >= 0.6 is 11.8 Å². The van der Waals surface area contributed by atoms with Crippen molar-refractivity contribution in [3.63, 3.8) is 0 Å². The number of para-hydroxylation sites is 1. The highest BCUT2D eigenvalue weighted by Gasteiger charge is 2.08. The SMILES string of the molecule is Cc1cc(NC(=O)CSCC(=O)Nc2ccc(Nc3ccccc3)cc2)no1. The summed E-state index contributed by atoms with van der Waals surface area (Å²) >= 11 is 1.22. The van der Waals surface area contributed by atoms with Gasteiger partial charge in [-0.2, -0.15) is 0 Å². The molecule has 0 saturated heterocycles. The number of carbonyl (C=O) groups excluding carboxylic acids is 2. The van der Waals surface area contributed by atoms with Crippen molar-refractivity contribution in [2.24, 2.45) is 0 Å². The molecule has 7 nitrogen and oxygen atoms in total. The molecule has 0 aliphatic rings. The first kappa shape index (κ1) is 19.5. The van der Waals surface area contributed by atoms with Gasteiger partial charge in [0.2, 0.25) is 11.8 Å². The third-order valence-corrected chi connectivity index (χ3v) is 4.53. The van der Waals surface area contributed by atoms with Crippen LogP contribution in [0.4, 0.5) is 22.9 Å². The molecule has 144 valence electrons. The molecule has 2 amide bonds. The van der Waals surface area contributed by atoms with E-state index in [9.17, 15) is 9.59 Å². The zero-order chi connectivity index (χ0) is 19.8. The minimum absolute atomic E-state index is 0.152. The normalized spacial score (nSPS) is 10.3. The predicted octanol–water partition coefficient (Wildman–Crippen LogP) is 4.04. The third kappa shape index (κ3) is 6.17. The van der Waals surface area contributed by atoms with Crippen LogP contribution < -0.4 is 16.0 Å². The van der Waals surface area contributed by atoms with Gasteiger partial charge in [-0.3, -0.25) is 9.59 Å². The van der Waals surface area contributed by atoms with E-state index in [0.29, 0.717) is 17.3 Å². The molecule has 0 bridgehead atoms. The number of anilines is 4. The molecular weight excluding hydrogens is 376 g/mol. The Morgan fingerprint density at radius 1 is 0.893 bits per heavy atom. The summed E-state index contributed by atoms with van der Waals surface area (Å²) in [6.07, 6.45) is 0. The zero-order valence-electron chi connectivity index (χ0n) is 15.3. The first-order chi connectivity index (χ1) is 13.6. The van der Waals surface area contributed by atoms with Gasteiger partial charge >= 0.3 is 0 Å². The average molecular weight is 396 g/mol. The molecule has 3 aromatic rings. The lowest BCUT2D eigenvalue weighted by molar-refractivity contribution is -0.114. The van der Waals surface area contributed by atoms with Crippen LogP contribution in [0.15, 0.2) is 65.2 Å². The summed E-state index contributed by atoms with van der Waals surface area (Å²) in [5, 5.41) is 12.4. The first-order valence-corrected chi connectivity index (χ1v) is 9.77. The number of carbonyl (C=O) groups is 2. The number of rotatable bonds is 8. The van der Waals surface area contributed by atoms with Gasteiger partial charge in [-0.1, -0.05) is 23.4 Å². The molecule has 28 heavy (non-hydrogen) atoms. The van der Waals surface area contributed by atoms with Gasteiger partial charge in [0.1, 0.15) is 5.76 Å². The fraction of sp³-hybridized carbons (Fsp3) is 0.150. The molecule has 8 heteroatoms. The Bertz CT molecular complexity index is 926. The number of amides is 2. The van der Waals surface area contributed by atoms with Crippen molar-refractivity contribution in [1.82, 2.24) is 5.16 Å². The maximum Gasteiger partial charge on any atom is 0.235 e. The number of thioether (sulfide) groups is 1. The van der Waals surface area contributed by atoms with E-state index in [0.717, 1.165) is 11.4 Å². The molecule has 1 aromatic heterocycles. The van der Waals surface area contributed by atoms with Crippen LogP contribution in [0.5, 0.6) is 0 Å². The number of hydrogen-bond acceptors (Lipinski definition) is 6. The largest absolute Gasteiger partial charge is 0.360 e. The lowest BCUT2D eigenvalue weighted by Crippen LogP contribution is -2.18. The summed E-state index contributed by atoms with van der Waals surface area (Å²) in [7, 11) is 0. The predicted molar refractivity (Wildman–Crippen MR) is 112 cm³/mol. The van der Waals surface area contributed by atoms with Crippen LogP contribution in [0.1, 0.15) is 5.76 Å². The van der Waals surface area contributed by atoms with E-state index in [1.54, 1.807) is 13.0 Å². The molecule has 1 heterocycles. The molecule has 0 fully saturated rings. The topological polar surface area (TPSA) is 96.3 Å². The molecule has 2 aromatic carbocycles. The third-order valence-electron chi connectivity index (χ3n) is 3.59. The highest BCUT2D eigenvalue weighted by atomic mass is 32.2. The average Bonchev–Trinajstić information content (AvgIpc) is 3.09. The number of benzene rings is 2. The van der Waals surface area contributed by atoms with Crippen LogP contribution in [0.3, 0.4) is 0 Å². The van der Waals surface area contributed by atoms with E-state index in [1.165, 1.54) is 11.8 Å². The van der Waals surface area contributed by atoms with Crippen molar-refractivity contribution in [3.8, 4) is 0 Å². The number of hydrogen-bond donors (Lipinski definition) is 3. The lowest BCUT2D eigenvalue weighted by Gasteiger charge is -2.08. The van der Waals surface area contributed by atoms with Crippen molar-refractivity contribution in [1.29, 1.82) is 0 Å². The van der Waals surface area contributed by atoms with Crippen molar-refractivity contribution >= 4 is 46.5 Å². The second kappa shape index (κ2) is 9.61. The molecule has 0 saturated carbocycles. The van der Waals surface area contributed by atoms with E-state index in [-0.39, 0.29) is 23.3 Å². The Hall–Kier alpha value is -3.26. The minimum Gasteiger partial charge on any atom is -0.360 e. The molecule has 0 atom stereocenters. The molecule has 3 rings (SSSR count). The Morgan fingerprint density at radius 3 is 2.14 bits per heavy atom. The van der Waals surface area contributed by atoms with Crippen LogP contribution in [0.25, 0.3) is 0 Å². The standard InChI is InChI=1S/C20H20N4O3S/c1-14-11-18(24-27-14)23-20(26)13-28-12-19(25)22-17-9-7-16(8-10-17)21-15-5-3-2-4-6-15/h2-11,21H,12-13H2,1H3,(H,22,25)(H,23,24,26). The number of aromatic nitrogens is 1. The summed E-state index contributed by atoms with van der Waals surface area (Å²) < 4.78 is 4.88. The van der Waals surface area contributed by atoms with E-state index < -0.39 is 0 Å². The van der Waals surface area contributed by atoms with Crippen LogP contribution in [0, 0.1) is 6.92 Å². The van der Waals surface area contributed by atoms with Crippen molar-refractivity contribution < 1.29 is 14.1 Å². The van der Waals surface area contributed by atoms with Crippen LogP contribution in [-0.4, -0.2) is 28.5 Å². The molecule has 0 aliphatic carbocycles. The number of nitrogens with zero attached hydrogens (tertiary/aromatic N) is 1. The van der Waals surface area contributed by atoms with Gasteiger partial charge < -0.3 is 20.5 Å². The Morgan fingerprint density at radius 2 is 1.50 bits per heavy atom. The van der Waals surface area contributed by atoms with E-state index >= 15 is 0 Å². The van der Waals surface area contributed by atoms with Gasteiger partial charge in [0.05, 0.1) is 11.5 Å². The van der Waals surface area contributed by atoms with Crippen molar-refractivity contribution in [2.75, 3.05) is 27.5 Å². The van der Waals surface area contributed by atoms with E-state index in [1.807, 2.05) is 54.6 Å². The molecule has 0 radical (unpaired) electrons. The fourth-order valence-electron chi connectivity index (χ4n) is 2.36. The van der Waals surface area contributed by atoms with Gasteiger partial charge in [0.15, 0.2) is 5.82 Å². The second-order valence-corrected chi connectivity index (χ2v) is 6.97. The van der Waals surface area contributed by atoms with Gasteiger partial charge in [-0.25, -0.2) is 0 Å². The minimum atomic E-state index is -0.234. The molecule has 0 spiro atoms. The summed E-state index contributed by atoms with van der Waals surface area (Å²) in [6, 6.07) is 18.9. The highest BCUT2D eigenvalue weighted by molar-refractivity contribution is 8.00. The molecule has 0 aliphatic heterocycles. The lowest BCUT2D eigenvalue weighted by atomic mass is 10.2. The first-order valence-electron chi connectivity index (χ1n) is 8.61. The second-order valence-electron chi connectivity index (χ2n) is 5.98. The molecule has 3 N–H and O–H groups in total.